The third-order valence-corrected chi connectivity index (χ3v) is 5.54. The van der Waals surface area contributed by atoms with Crippen LogP contribution in [0.25, 0.3) is 16.2 Å². The van der Waals surface area contributed by atoms with Crippen LogP contribution < -0.4 is 5.32 Å². The number of hydrogen-bond donors (Lipinski definition) is 1. The molecule has 136 valence electrons. The lowest BCUT2D eigenvalue weighted by Gasteiger charge is -2.07. The molecule has 2 aromatic heterocycles. The fourth-order valence-corrected chi connectivity index (χ4v) is 4.16. The van der Waals surface area contributed by atoms with E-state index in [-0.39, 0.29) is 11.7 Å². The molecule has 0 saturated heterocycles. The number of thiazole rings is 1. The monoisotopic (exact) mass is 379 g/mol. The van der Waals surface area contributed by atoms with Crippen LogP contribution in [0.15, 0.2) is 48.7 Å². The highest BCUT2D eigenvalue weighted by atomic mass is 32.1. The highest BCUT2D eigenvalue weighted by Crippen LogP contribution is 2.28. The highest BCUT2D eigenvalue weighted by Gasteiger charge is 2.18. The Kier molecular flexibility index (Phi) is 4.28. The summed E-state index contributed by atoms with van der Waals surface area (Å²) in [5.41, 5.74) is 5.42. The lowest BCUT2D eigenvalue weighted by Crippen LogP contribution is -2.12. The van der Waals surface area contributed by atoms with Crippen molar-refractivity contribution < 1.29 is 9.18 Å². The van der Waals surface area contributed by atoms with Gasteiger partial charge in [-0.3, -0.25) is 9.20 Å². The van der Waals surface area contributed by atoms with Crippen molar-refractivity contribution in [3.63, 3.8) is 0 Å². The maximum Gasteiger partial charge on any atom is 0.267 e. The number of halogens is 1. The summed E-state index contributed by atoms with van der Waals surface area (Å²) in [6.07, 6.45) is 1.88. The van der Waals surface area contributed by atoms with Gasteiger partial charge in [0.25, 0.3) is 5.91 Å². The zero-order chi connectivity index (χ0) is 19.1. The molecule has 2 heterocycles. The van der Waals surface area contributed by atoms with E-state index in [2.05, 4.69) is 16.4 Å². The fourth-order valence-electron chi connectivity index (χ4n) is 3.16. The molecule has 1 N–H and O–H groups in total. The number of imidazole rings is 1. The summed E-state index contributed by atoms with van der Waals surface area (Å²) in [5, 5.41) is 2.97. The lowest BCUT2D eigenvalue weighted by atomic mass is 10.1. The summed E-state index contributed by atoms with van der Waals surface area (Å²) in [7, 11) is 0. The molecule has 4 aromatic rings. The molecule has 1 amide bonds. The first-order chi connectivity index (χ1) is 12.9. The zero-order valence-electron chi connectivity index (χ0n) is 15.2. The van der Waals surface area contributed by atoms with Gasteiger partial charge in [0.15, 0.2) is 4.96 Å². The molecule has 0 aliphatic rings. The molecular weight excluding hydrogens is 361 g/mol. The summed E-state index contributed by atoms with van der Waals surface area (Å²) in [4.78, 5) is 18.7. The molecule has 0 fully saturated rings. The number of carbonyl (C=O) groups excluding carboxylic acids is 1. The van der Waals surface area contributed by atoms with Crippen LogP contribution in [0.2, 0.25) is 0 Å². The van der Waals surface area contributed by atoms with Crippen LogP contribution in [-0.4, -0.2) is 15.3 Å². The Morgan fingerprint density at radius 1 is 1.07 bits per heavy atom. The average Bonchev–Trinajstić information content (AvgIpc) is 3.14. The third-order valence-electron chi connectivity index (χ3n) is 4.38. The van der Waals surface area contributed by atoms with E-state index in [9.17, 15) is 9.18 Å². The van der Waals surface area contributed by atoms with Crippen molar-refractivity contribution >= 4 is 27.9 Å². The second-order valence-corrected chi connectivity index (χ2v) is 7.61. The van der Waals surface area contributed by atoms with Crippen LogP contribution in [0, 0.1) is 26.6 Å². The van der Waals surface area contributed by atoms with Gasteiger partial charge in [-0.25, -0.2) is 9.37 Å². The van der Waals surface area contributed by atoms with Gasteiger partial charge in [0.05, 0.1) is 5.69 Å². The van der Waals surface area contributed by atoms with Crippen molar-refractivity contribution in [2.45, 2.75) is 20.8 Å². The molecule has 4 rings (SSSR count). The molecule has 0 spiro atoms. The van der Waals surface area contributed by atoms with Crippen LogP contribution in [0.4, 0.5) is 10.1 Å². The number of aromatic nitrogens is 2. The van der Waals surface area contributed by atoms with Gasteiger partial charge in [0.1, 0.15) is 10.7 Å². The summed E-state index contributed by atoms with van der Waals surface area (Å²) in [5.74, 6) is -0.419. The molecule has 0 unspecified atom stereocenters. The standard InChI is InChI=1S/C21H18FN3OS/c1-12-8-13(2)10-17(9-12)23-20(26)19-14(3)25-11-18(24-21(25)27-19)15-4-6-16(22)7-5-15/h4-11H,1-3H3,(H,23,26). The first-order valence-electron chi connectivity index (χ1n) is 8.55. The molecule has 0 aliphatic carbocycles. The van der Waals surface area contributed by atoms with Gasteiger partial charge in [-0.2, -0.15) is 0 Å². The summed E-state index contributed by atoms with van der Waals surface area (Å²) < 4.78 is 15.0. The van der Waals surface area contributed by atoms with Crippen molar-refractivity contribution in [1.29, 1.82) is 0 Å². The SMILES string of the molecule is Cc1cc(C)cc(NC(=O)c2sc3nc(-c4ccc(F)cc4)cn3c2C)c1. The molecule has 0 bridgehead atoms. The van der Waals surface area contributed by atoms with Gasteiger partial charge in [-0.05, 0) is 68.3 Å². The van der Waals surface area contributed by atoms with E-state index in [0.717, 1.165) is 38.7 Å². The van der Waals surface area contributed by atoms with Crippen molar-refractivity contribution in [1.82, 2.24) is 9.38 Å². The van der Waals surface area contributed by atoms with E-state index in [0.29, 0.717) is 4.88 Å². The van der Waals surface area contributed by atoms with E-state index in [1.54, 1.807) is 12.1 Å². The quantitative estimate of drug-likeness (QED) is 0.519. The number of amides is 1. The summed E-state index contributed by atoms with van der Waals surface area (Å²) in [6.45, 7) is 5.91. The largest absolute Gasteiger partial charge is 0.321 e. The first kappa shape index (κ1) is 17.4. The minimum Gasteiger partial charge on any atom is -0.321 e. The molecule has 0 radical (unpaired) electrons. The number of fused-ring (bicyclic) bond motifs is 1. The van der Waals surface area contributed by atoms with E-state index < -0.39 is 0 Å². The number of carbonyl (C=O) groups is 1. The molecule has 27 heavy (non-hydrogen) atoms. The molecule has 0 saturated carbocycles. The number of anilines is 1. The lowest BCUT2D eigenvalue weighted by molar-refractivity contribution is 0.102. The van der Waals surface area contributed by atoms with Crippen molar-refractivity contribution in [2.75, 3.05) is 5.32 Å². The maximum absolute atomic E-state index is 13.1. The number of rotatable bonds is 3. The van der Waals surface area contributed by atoms with Gasteiger partial charge in [0.2, 0.25) is 0 Å². The first-order valence-corrected chi connectivity index (χ1v) is 9.36. The Morgan fingerprint density at radius 3 is 2.37 bits per heavy atom. The Balaban J connectivity index is 1.64. The number of nitrogens with one attached hydrogen (secondary N) is 1. The van der Waals surface area contributed by atoms with Gasteiger partial charge >= 0.3 is 0 Å². The van der Waals surface area contributed by atoms with Gasteiger partial charge in [0, 0.05) is 23.1 Å². The Labute approximate surface area is 160 Å². The molecular formula is C21H18FN3OS. The molecule has 2 aromatic carbocycles. The normalized spacial score (nSPS) is 11.1. The van der Waals surface area contributed by atoms with Gasteiger partial charge in [-0.15, -0.1) is 0 Å². The summed E-state index contributed by atoms with van der Waals surface area (Å²) in [6, 6.07) is 12.2. The topological polar surface area (TPSA) is 46.4 Å². The molecule has 0 aliphatic heterocycles. The Bertz CT molecular complexity index is 1140. The van der Waals surface area contributed by atoms with Gasteiger partial charge in [-0.1, -0.05) is 17.4 Å². The summed E-state index contributed by atoms with van der Waals surface area (Å²) >= 11 is 1.34. The highest BCUT2D eigenvalue weighted by molar-refractivity contribution is 7.19. The number of benzene rings is 2. The van der Waals surface area contributed by atoms with Crippen LogP contribution in [0.3, 0.4) is 0 Å². The Hall–Kier alpha value is -2.99. The molecule has 6 heteroatoms. The van der Waals surface area contributed by atoms with Crippen LogP contribution in [0.1, 0.15) is 26.5 Å². The van der Waals surface area contributed by atoms with Gasteiger partial charge < -0.3 is 5.32 Å². The van der Waals surface area contributed by atoms with Crippen LogP contribution in [0.5, 0.6) is 0 Å². The second kappa shape index (κ2) is 6.63. The van der Waals surface area contributed by atoms with Crippen LogP contribution >= 0.6 is 11.3 Å². The number of aryl methyl sites for hydroxylation is 3. The fraction of sp³-hybridized carbons (Fsp3) is 0.143. The van der Waals surface area contributed by atoms with Crippen LogP contribution in [-0.2, 0) is 0 Å². The smallest absolute Gasteiger partial charge is 0.267 e. The van der Waals surface area contributed by atoms with E-state index in [1.165, 1.54) is 23.5 Å². The van der Waals surface area contributed by atoms with Crippen molar-refractivity contribution in [3.8, 4) is 11.3 Å². The van der Waals surface area contributed by atoms with Crippen molar-refractivity contribution in [3.05, 3.63) is 76.2 Å². The van der Waals surface area contributed by atoms with E-state index >= 15 is 0 Å². The number of nitrogens with zero attached hydrogens (tertiary/aromatic N) is 2. The second-order valence-electron chi connectivity index (χ2n) is 6.63. The van der Waals surface area contributed by atoms with E-state index in [1.807, 2.05) is 43.5 Å². The zero-order valence-corrected chi connectivity index (χ0v) is 16.0. The average molecular weight is 379 g/mol. The maximum atomic E-state index is 13.1. The predicted octanol–water partition coefficient (Wildman–Crippen LogP) is 5.38. The molecule has 4 nitrogen and oxygen atoms in total. The minimum atomic E-state index is -0.277. The Morgan fingerprint density at radius 2 is 1.74 bits per heavy atom. The van der Waals surface area contributed by atoms with Crippen molar-refractivity contribution in [2.24, 2.45) is 0 Å². The van der Waals surface area contributed by atoms with E-state index in [4.69, 9.17) is 0 Å². The molecule has 0 atom stereocenters. The number of hydrogen-bond acceptors (Lipinski definition) is 3. The third kappa shape index (κ3) is 3.36. The predicted molar refractivity (Wildman–Crippen MR) is 107 cm³/mol. The minimum absolute atomic E-state index is 0.142.